The maximum absolute atomic E-state index is 13.1. The standard InChI is InChI=1S/C27H25NO8/c1-16-6-4-8-18(14-16)26(32)35-22(24(29)28-20-10-12-21(34-3)13-11-20)23(25(30)31)36-27(33)19-9-5-7-17(2)15-19/h4-15,22-23H,1-3H3,(H,28,29)(H,30,31)/t22-,23-/m1/s1. The summed E-state index contributed by atoms with van der Waals surface area (Å²) in [5.74, 6) is -4.06. The lowest BCUT2D eigenvalue weighted by Gasteiger charge is -2.23. The molecule has 2 N–H and O–H groups in total. The van der Waals surface area contributed by atoms with E-state index in [0.717, 1.165) is 11.1 Å². The van der Waals surface area contributed by atoms with Crippen molar-refractivity contribution in [1.82, 2.24) is 0 Å². The molecule has 0 saturated heterocycles. The third-order valence-corrected chi connectivity index (χ3v) is 5.11. The molecule has 0 aliphatic carbocycles. The molecule has 9 heteroatoms. The first-order chi connectivity index (χ1) is 17.2. The van der Waals surface area contributed by atoms with E-state index in [9.17, 15) is 24.3 Å². The fraction of sp³-hybridized carbons (Fsp3) is 0.185. The maximum Gasteiger partial charge on any atom is 0.349 e. The van der Waals surface area contributed by atoms with Crippen molar-refractivity contribution in [3.63, 3.8) is 0 Å². The van der Waals surface area contributed by atoms with E-state index in [1.54, 1.807) is 50.2 Å². The average molecular weight is 491 g/mol. The minimum absolute atomic E-state index is 0.0839. The van der Waals surface area contributed by atoms with Crippen molar-refractivity contribution >= 4 is 29.5 Å². The Hall–Kier alpha value is -4.66. The van der Waals surface area contributed by atoms with Gasteiger partial charge in [-0.25, -0.2) is 14.4 Å². The van der Waals surface area contributed by atoms with Gasteiger partial charge in [-0.15, -0.1) is 0 Å². The summed E-state index contributed by atoms with van der Waals surface area (Å²) in [6.07, 6.45) is -4.11. The molecule has 3 aromatic carbocycles. The molecule has 1 amide bonds. The number of methoxy groups -OCH3 is 1. The largest absolute Gasteiger partial charge is 0.497 e. The number of ether oxygens (including phenoxy) is 3. The molecule has 186 valence electrons. The summed E-state index contributed by atoms with van der Waals surface area (Å²) in [5.41, 5.74) is 1.97. The Labute approximate surface area is 207 Å². The van der Waals surface area contributed by atoms with Crippen LogP contribution in [0.15, 0.2) is 72.8 Å². The van der Waals surface area contributed by atoms with Crippen molar-refractivity contribution in [3.8, 4) is 5.75 Å². The Kier molecular flexibility index (Phi) is 8.40. The van der Waals surface area contributed by atoms with Crippen molar-refractivity contribution in [2.24, 2.45) is 0 Å². The van der Waals surface area contributed by atoms with E-state index in [4.69, 9.17) is 14.2 Å². The van der Waals surface area contributed by atoms with Gasteiger partial charge in [-0.1, -0.05) is 35.4 Å². The van der Waals surface area contributed by atoms with Crippen molar-refractivity contribution in [3.05, 3.63) is 95.1 Å². The summed E-state index contributed by atoms with van der Waals surface area (Å²) in [6.45, 7) is 3.51. The van der Waals surface area contributed by atoms with Crippen molar-refractivity contribution in [1.29, 1.82) is 0 Å². The van der Waals surface area contributed by atoms with Crippen LogP contribution in [0.1, 0.15) is 31.8 Å². The fourth-order valence-corrected chi connectivity index (χ4v) is 3.29. The normalized spacial score (nSPS) is 12.1. The summed E-state index contributed by atoms with van der Waals surface area (Å²) in [4.78, 5) is 50.8. The third-order valence-electron chi connectivity index (χ3n) is 5.11. The van der Waals surface area contributed by atoms with Gasteiger partial charge in [0.25, 0.3) is 5.91 Å². The number of amides is 1. The summed E-state index contributed by atoms with van der Waals surface area (Å²) in [5, 5.41) is 12.3. The lowest BCUT2D eigenvalue weighted by Crippen LogP contribution is -2.48. The third kappa shape index (κ3) is 6.69. The molecule has 2 atom stereocenters. The Morgan fingerprint density at radius 1 is 0.750 bits per heavy atom. The second-order valence-corrected chi connectivity index (χ2v) is 7.95. The zero-order chi connectivity index (χ0) is 26.2. The number of carbonyl (C=O) groups excluding carboxylic acids is 3. The van der Waals surface area contributed by atoms with E-state index in [0.29, 0.717) is 5.75 Å². The molecule has 0 unspecified atom stereocenters. The lowest BCUT2D eigenvalue weighted by molar-refractivity contribution is -0.157. The van der Waals surface area contributed by atoms with Crippen molar-refractivity contribution in [2.75, 3.05) is 12.4 Å². The number of aliphatic carboxylic acids is 1. The van der Waals surface area contributed by atoms with Crippen LogP contribution < -0.4 is 10.1 Å². The Bertz CT molecular complexity index is 1270. The van der Waals surface area contributed by atoms with Crippen LogP contribution in [0.4, 0.5) is 5.69 Å². The number of esters is 2. The predicted molar refractivity (Wildman–Crippen MR) is 130 cm³/mol. The molecule has 0 aliphatic rings. The minimum atomic E-state index is -2.12. The van der Waals surface area contributed by atoms with Gasteiger partial charge in [0.15, 0.2) is 0 Å². The van der Waals surface area contributed by atoms with Gasteiger partial charge in [-0.05, 0) is 62.4 Å². The molecule has 0 heterocycles. The number of aryl methyl sites for hydroxylation is 2. The van der Waals surface area contributed by atoms with E-state index in [1.807, 2.05) is 0 Å². The summed E-state index contributed by atoms with van der Waals surface area (Å²) in [6, 6.07) is 18.9. The molecule has 3 rings (SSSR count). The number of anilines is 1. The fourth-order valence-electron chi connectivity index (χ4n) is 3.29. The molecule has 36 heavy (non-hydrogen) atoms. The lowest BCUT2D eigenvalue weighted by atomic mass is 10.1. The van der Waals surface area contributed by atoms with Crippen LogP contribution in [0.3, 0.4) is 0 Å². The Balaban J connectivity index is 1.91. The maximum atomic E-state index is 13.1. The van der Waals surface area contributed by atoms with Crippen molar-refractivity contribution in [2.45, 2.75) is 26.1 Å². The van der Waals surface area contributed by atoms with Crippen LogP contribution in [-0.4, -0.2) is 48.2 Å². The molecule has 9 nitrogen and oxygen atoms in total. The molecule has 0 aliphatic heterocycles. The highest BCUT2D eigenvalue weighted by Gasteiger charge is 2.41. The van der Waals surface area contributed by atoms with E-state index in [2.05, 4.69) is 5.32 Å². The number of hydrogen-bond acceptors (Lipinski definition) is 7. The number of carboxylic acid groups (broad SMARTS) is 1. The number of nitrogens with one attached hydrogen (secondary N) is 1. The number of carboxylic acids is 1. The van der Waals surface area contributed by atoms with Crippen LogP contribution in [0.25, 0.3) is 0 Å². The van der Waals surface area contributed by atoms with Gasteiger partial charge in [-0.2, -0.15) is 0 Å². The Morgan fingerprint density at radius 2 is 1.25 bits per heavy atom. The van der Waals surface area contributed by atoms with Gasteiger partial charge < -0.3 is 24.6 Å². The van der Waals surface area contributed by atoms with E-state index in [1.165, 1.54) is 43.5 Å². The molecule has 3 aromatic rings. The summed E-state index contributed by atoms with van der Waals surface area (Å²) in [7, 11) is 1.48. The molecule has 0 spiro atoms. The van der Waals surface area contributed by atoms with Crippen LogP contribution in [0, 0.1) is 13.8 Å². The molecule has 0 radical (unpaired) electrons. The monoisotopic (exact) mass is 491 g/mol. The van der Waals surface area contributed by atoms with Gasteiger partial charge in [-0.3, -0.25) is 4.79 Å². The molecular weight excluding hydrogens is 466 g/mol. The van der Waals surface area contributed by atoms with E-state index < -0.39 is 36.0 Å². The molecule has 0 aromatic heterocycles. The summed E-state index contributed by atoms with van der Waals surface area (Å²) < 4.78 is 15.6. The highest BCUT2D eigenvalue weighted by atomic mass is 16.6. The predicted octanol–water partition coefficient (Wildman–Crippen LogP) is 3.79. The molecule has 0 saturated carbocycles. The smallest absolute Gasteiger partial charge is 0.349 e. The number of carbonyl (C=O) groups is 4. The molecule has 0 bridgehead atoms. The van der Waals surface area contributed by atoms with E-state index >= 15 is 0 Å². The highest BCUT2D eigenvalue weighted by Crippen LogP contribution is 2.19. The summed E-state index contributed by atoms with van der Waals surface area (Å²) >= 11 is 0. The topological polar surface area (TPSA) is 128 Å². The van der Waals surface area contributed by atoms with Crippen LogP contribution in [-0.2, 0) is 19.1 Å². The quantitative estimate of drug-likeness (QED) is 0.433. The second kappa shape index (κ2) is 11.7. The average Bonchev–Trinajstić information content (AvgIpc) is 2.86. The minimum Gasteiger partial charge on any atom is -0.497 e. The first-order valence-electron chi connectivity index (χ1n) is 10.9. The number of benzene rings is 3. The van der Waals surface area contributed by atoms with Crippen LogP contribution >= 0.6 is 0 Å². The first-order valence-corrected chi connectivity index (χ1v) is 10.9. The van der Waals surface area contributed by atoms with Gasteiger partial charge in [0, 0.05) is 5.69 Å². The number of rotatable bonds is 9. The Morgan fingerprint density at radius 3 is 1.69 bits per heavy atom. The molecule has 0 fully saturated rings. The zero-order valence-electron chi connectivity index (χ0n) is 19.9. The van der Waals surface area contributed by atoms with Gasteiger partial charge >= 0.3 is 17.9 Å². The molecular formula is C27H25NO8. The first kappa shape index (κ1) is 26.0. The number of hydrogen-bond donors (Lipinski definition) is 2. The second-order valence-electron chi connectivity index (χ2n) is 7.95. The zero-order valence-corrected chi connectivity index (χ0v) is 19.9. The van der Waals surface area contributed by atoms with E-state index in [-0.39, 0.29) is 16.8 Å². The van der Waals surface area contributed by atoms with Gasteiger partial charge in [0.2, 0.25) is 12.2 Å². The van der Waals surface area contributed by atoms with Gasteiger partial charge in [0.1, 0.15) is 5.75 Å². The van der Waals surface area contributed by atoms with Gasteiger partial charge in [0.05, 0.1) is 18.2 Å². The SMILES string of the molecule is COc1ccc(NC(=O)[C@H](OC(=O)c2cccc(C)c2)[C@@H](OC(=O)c2cccc(C)c2)C(=O)O)cc1. The van der Waals surface area contributed by atoms with Crippen molar-refractivity contribution < 1.29 is 38.5 Å². The highest BCUT2D eigenvalue weighted by molar-refractivity contribution is 6.01. The van der Waals surface area contributed by atoms with Crippen LogP contribution in [0.2, 0.25) is 0 Å². The van der Waals surface area contributed by atoms with Crippen LogP contribution in [0.5, 0.6) is 5.75 Å².